The van der Waals surface area contributed by atoms with Gasteiger partial charge in [0.25, 0.3) is 0 Å². The lowest BCUT2D eigenvalue weighted by atomic mass is 9.85. The predicted octanol–water partition coefficient (Wildman–Crippen LogP) is 4.22. The van der Waals surface area contributed by atoms with E-state index in [0.29, 0.717) is 22.9 Å². The summed E-state index contributed by atoms with van der Waals surface area (Å²) in [5.41, 5.74) is 5.98. The number of nitrogens with two attached hydrogens (primary N) is 1. The van der Waals surface area contributed by atoms with Gasteiger partial charge in [0.1, 0.15) is 5.82 Å². The maximum Gasteiger partial charge on any atom is 0.147 e. The molecule has 1 nitrogen and oxygen atoms in total. The Morgan fingerprint density at radius 1 is 1.40 bits per heavy atom. The number of hydrogen-bond donors (Lipinski definition) is 1. The van der Waals surface area contributed by atoms with Crippen molar-refractivity contribution in [3.63, 3.8) is 0 Å². The maximum atomic E-state index is 13.9. The van der Waals surface area contributed by atoms with Crippen LogP contribution in [0.15, 0.2) is 16.6 Å². The SMILES string of the molecule is CCC(N)(CC)c1ccc(Br)c(Cl)c1F. The first kappa shape index (κ1) is 12.9. The van der Waals surface area contributed by atoms with Crippen molar-refractivity contribution in [3.05, 3.63) is 33.0 Å². The third-order valence-corrected chi connectivity index (χ3v) is 4.09. The van der Waals surface area contributed by atoms with Crippen molar-refractivity contribution in [2.75, 3.05) is 0 Å². The van der Waals surface area contributed by atoms with Crippen LogP contribution in [-0.4, -0.2) is 0 Å². The van der Waals surface area contributed by atoms with E-state index in [4.69, 9.17) is 17.3 Å². The van der Waals surface area contributed by atoms with Crippen molar-refractivity contribution in [1.29, 1.82) is 0 Å². The molecule has 0 spiro atoms. The van der Waals surface area contributed by atoms with E-state index >= 15 is 0 Å². The molecule has 0 bridgehead atoms. The van der Waals surface area contributed by atoms with Crippen molar-refractivity contribution in [2.24, 2.45) is 5.73 Å². The molecule has 84 valence electrons. The van der Waals surface area contributed by atoms with Gasteiger partial charge in [0, 0.05) is 15.6 Å². The predicted molar refractivity (Wildman–Crippen MR) is 65.6 cm³/mol. The van der Waals surface area contributed by atoms with Crippen LogP contribution in [0.3, 0.4) is 0 Å². The summed E-state index contributed by atoms with van der Waals surface area (Å²) in [6.45, 7) is 3.89. The van der Waals surface area contributed by atoms with Gasteiger partial charge in [-0.25, -0.2) is 4.39 Å². The molecule has 0 amide bonds. The van der Waals surface area contributed by atoms with Gasteiger partial charge in [0.05, 0.1) is 5.02 Å². The van der Waals surface area contributed by atoms with Crippen LogP contribution in [0.2, 0.25) is 5.02 Å². The minimum absolute atomic E-state index is 0.101. The lowest BCUT2D eigenvalue weighted by Crippen LogP contribution is -2.36. The van der Waals surface area contributed by atoms with E-state index < -0.39 is 11.4 Å². The van der Waals surface area contributed by atoms with Gasteiger partial charge in [-0.1, -0.05) is 31.5 Å². The third-order valence-electron chi connectivity index (χ3n) is 2.83. The summed E-state index contributed by atoms with van der Waals surface area (Å²) in [5.74, 6) is -0.419. The van der Waals surface area contributed by atoms with Crippen LogP contribution in [0.4, 0.5) is 4.39 Å². The second kappa shape index (κ2) is 4.81. The Morgan fingerprint density at radius 2 is 1.93 bits per heavy atom. The Balaban J connectivity index is 3.32. The minimum Gasteiger partial charge on any atom is -0.321 e. The molecule has 0 radical (unpaired) electrons. The zero-order valence-electron chi connectivity index (χ0n) is 8.78. The van der Waals surface area contributed by atoms with Crippen LogP contribution in [0.25, 0.3) is 0 Å². The van der Waals surface area contributed by atoms with Crippen LogP contribution in [0, 0.1) is 5.82 Å². The quantitative estimate of drug-likeness (QED) is 0.830. The zero-order valence-corrected chi connectivity index (χ0v) is 11.1. The van der Waals surface area contributed by atoms with Gasteiger partial charge in [-0.2, -0.15) is 0 Å². The Kier molecular flexibility index (Phi) is 4.15. The molecule has 1 rings (SSSR count). The van der Waals surface area contributed by atoms with Gasteiger partial charge in [-0.3, -0.25) is 0 Å². The smallest absolute Gasteiger partial charge is 0.147 e. The van der Waals surface area contributed by atoms with Gasteiger partial charge < -0.3 is 5.73 Å². The first-order valence-corrected chi connectivity index (χ1v) is 6.06. The maximum absolute atomic E-state index is 13.9. The lowest BCUT2D eigenvalue weighted by molar-refractivity contribution is 0.392. The van der Waals surface area contributed by atoms with Crippen molar-refractivity contribution in [2.45, 2.75) is 32.2 Å². The summed E-state index contributed by atoms with van der Waals surface area (Å²) in [4.78, 5) is 0. The fourth-order valence-electron chi connectivity index (χ4n) is 1.54. The average Bonchev–Trinajstić information content (AvgIpc) is 2.25. The normalized spacial score (nSPS) is 11.9. The fourth-order valence-corrected chi connectivity index (χ4v) is 2.01. The standard InChI is InChI=1S/C11H14BrClFN/c1-3-11(15,4-2)7-5-6-8(12)9(13)10(7)14/h5-6H,3-4,15H2,1-2H3. The van der Waals surface area contributed by atoms with E-state index in [1.165, 1.54) is 0 Å². The Hall–Kier alpha value is -0.120. The number of rotatable bonds is 3. The van der Waals surface area contributed by atoms with Crippen LogP contribution < -0.4 is 5.73 Å². The van der Waals surface area contributed by atoms with E-state index in [-0.39, 0.29) is 5.02 Å². The van der Waals surface area contributed by atoms with Crippen LogP contribution in [0.1, 0.15) is 32.3 Å². The summed E-state index contributed by atoms with van der Waals surface area (Å²) in [6.07, 6.45) is 1.36. The molecule has 15 heavy (non-hydrogen) atoms. The summed E-state index contributed by atoms with van der Waals surface area (Å²) in [5, 5.41) is 0.101. The molecule has 0 aliphatic carbocycles. The lowest BCUT2D eigenvalue weighted by Gasteiger charge is -2.28. The highest BCUT2D eigenvalue weighted by Crippen LogP contribution is 2.34. The molecule has 0 heterocycles. The Labute approximate surface area is 103 Å². The fraction of sp³-hybridized carbons (Fsp3) is 0.455. The van der Waals surface area contributed by atoms with Crippen molar-refractivity contribution in [1.82, 2.24) is 0 Å². The molecule has 1 aromatic carbocycles. The molecule has 0 aliphatic heterocycles. The van der Waals surface area contributed by atoms with E-state index in [9.17, 15) is 4.39 Å². The molecular formula is C11H14BrClFN. The largest absolute Gasteiger partial charge is 0.321 e. The topological polar surface area (TPSA) is 26.0 Å². The third kappa shape index (κ3) is 2.35. The van der Waals surface area contributed by atoms with Gasteiger partial charge in [0.2, 0.25) is 0 Å². The highest BCUT2D eigenvalue weighted by molar-refractivity contribution is 9.10. The van der Waals surface area contributed by atoms with Crippen LogP contribution >= 0.6 is 27.5 Å². The van der Waals surface area contributed by atoms with Crippen molar-refractivity contribution >= 4 is 27.5 Å². The van der Waals surface area contributed by atoms with E-state index in [2.05, 4.69) is 15.9 Å². The summed E-state index contributed by atoms with van der Waals surface area (Å²) in [7, 11) is 0. The van der Waals surface area contributed by atoms with Gasteiger partial charge in [0.15, 0.2) is 0 Å². The summed E-state index contributed by atoms with van der Waals surface area (Å²) >= 11 is 9.00. The number of benzene rings is 1. The second-order valence-electron chi connectivity index (χ2n) is 3.59. The summed E-state index contributed by atoms with van der Waals surface area (Å²) < 4.78 is 14.4. The molecular weight excluding hydrogens is 280 g/mol. The second-order valence-corrected chi connectivity index (χ2v) is 4.82. The van der Waals surface area contributed by atoms with Gasteiger partial charge >= 0.3 is 0 Å². The van der Waals surface area contributed by atoms with Gasteiger partial charge in [-0.05, 0) is 34.8 Å². The molecule has 1 aromatic rings. The Bertz CT molecular complexity index is 364. The molecule has 4 heteroatoms. The molecule has 0 aromatic heterocycles. The van der Waals surface area contributed by atoms with E-state index in [1.807, 2.05) is 13.8 Å². The highest BCUT2D eigenvalue weighted by Gasteiger charge is 2.27. The molecule has 0 unspecified atom stereocenters. The average molecular weight is 295 g/mol. The highest BCUT2D eigenvalue weighted by atomic mass is 79.9. The van der Waals surface area contributed by atoms with Crippen LogP contribution in [0.5, 0.6) is 0 Å². The molecule has 2 N–H and O–H groups in total. The first-order valence-electron chi connectivity index (χ1n) is 4.89. The van der Waals surface area contributed by atoms with Gasteiger partial charge in [-0.15, -0.1) is 0 Å². The number of hydrogen-bond acceptors (Lipinski definition) is 1. The minimum atomic E-state index is -0.631. The molecule has 0 saturated carbocycles. The number of halogens is 3. The first-order chi connectivity index (χ1) is 6.96. The Morgan fingerprint density at radius 3 is 2.40 bits per heavy atom. The summed E-state index contributed by atoms with van der Waals surface area (Å²) in [6, 6.07) is 3.42. The molecule has 0 fully saturated rings. The molecule has 0 saturated heterocycles. The van der Waals surface area contributed by atoms with Crippen LogP contribution in [-0.2, 0) is 5.54 Å². The van der Waals surface area contributed by atoms with E-state index in [1.54, 1.807) is 12.1 Å². The monoisotopic (exact) mass is 293 g/mol. The van der Waals surface area contributed by atoms with Crippen molar-refractivity contribution < 1.29 is 4.39 Å². The zero-order chi connectivity index (χ0) is 11.6. The van der Waals surface area contributed by atoms with Crippen molar-refractivity contribution in [3.8, 4) is 0 Å². The molecule has 0 atom stereocenters. The molecule has 0 aliphatic rings. The van der Waals surface area contributed by atoms with E-state index in [0.717, 1.165) is 0 Å².